The van der Waals surface area contributed by atoms with Gasteiger partial charge in [0.25, 0.3) is 10.0 Å². The summed E-state index contributed by atoms with van der Waals surface area (Å²) in [6.07, 6.45) is 0. The fraction of sp³-hybridized carbons (Fsp3) is 0. The molecule has 0 aliphatic heterocycles. The molecule has 0 fully saturated rings. The van der Waals surface area contributed by atoms with Crippen molar-refractivity contribution in [1.82, 2.24) is 3.97 Å². The van der Waals surface area contributed by atoms with Crippen LogP contribution >= 0.6 is 0 Å². The lowest BCUT2D eigenvalue weighted by atomic mass is 10.1. The second kappa shape index (κ2) is 5.44. The third kappa shape index (κ3) is 2.02. The molecule has 1 aromatic heterocycles. The zero-order chi connectivity index (χ0) is 17.7. The molecule has 0 bridgehead atoms. The summed E-state index contributed by atoms with van der Waals surface area (Å²) in [4.78, 5) is 0.288. The first-order valence-electron chi connectivity index (χ1n) is 8.39. The van der Waals surface area contributed by atoms with Gasteiger partial charge in [-0.25, -0.2) is 12.4 Å². The molecule has 0 N–H and O–H groups in total. The van der Waals surface area contributed by atoms with E-state index in [0.717, 1.165) is 27.1 Å². The second-order valence-corrected chi connectivity index (χ2v) is 8.07. The van der Waals surface area contributed by atoms with Crippen LogP contribution in [0, 0.1) is 0 Å². The van der Waals surface area contributed by atoms with E-state index in [9.17, 15) is 8.42 Å². The molecule has 3 nitrogen and oxygen atoms in total. The average Bonchev–Trinajstić information content (AvgIpc) is 3.04. The fourth-order valence-electron chi connectivity index (χ4n) is 3.64. The van der Waals surface area contributed by atoms with E-state index >= 15 is 0 Å². The number of aromatic nitrogens is 1. The Labute approximate surface area is 151 Å². The van der Waals surface area contributed by atoms with Crippen LogP contribution in [-0.4, -0.2) is 12.4 Å². The Hall–Kier alpha value is -3.11. The van der Waals surface area contributed by atoms with Crippen LogP contribution in [0.4, 0.5) is 0 Å². The average molecular weight is 357 g/mol. The monoisotopic (exact) mass is 357 g/mol. The summed E-state index contributed by atoms with van der Waals surface area (Å²) in [5, 5.41) is 3.83. The number of nitrogens with zero attached hydrogens (tertiary/aromatic N) is 1. The summed E-state index contributed by atoms with van der Waals surface area (Å²) in [5.41, 5.74) is 1.43. The first-order chi connectivity index (χ1) is 12.7. The minimum atomic E-state index is -3.72. The van der Waals surface area contributed by atoms with Crippen molar-refractivity contribution in [2.75, 3.05) is 0 Å². The number of fused-ring (bicyclic) bond motifs is 5. The molecular weight excluding hydrogens is 342 g/mol. The maximum Gasteiger partial charge on any atom is 0.268 e. The van der Waals surface area contributed by atoms with Gasteiger partial charge in [-0.3, -0.25) is 0 Å². The van der Waals surface area contributed by atoms with Gasteiger partial charge in [0.15, 0.2) is 0 Å². The molecule has 0 saturated carbocycles. The third-order valence-electron chi connectivity index (χ3n) is 4.80. The lowest BCUT2D eigenvalue weighted by Gasteiger charge is -2.10. The van der Waals surface area contributed by atoms with Crippen molar-refractivity contribution in [2.24, 2.45) is 0 Å². The fourth-order valence-corrected chi connectivity index (χ4v) is 5.20. The van der Waals surface area contributed by atoms with Gasteiger partial charge in [-0.15, -0.1) is 0 Å². The predicted molar refractivity (Wildman–Crippen MR) is 106 cm³/mol. The van der Waals surface area contributed by atoms with Crippen LogP contribution in [-0.2, 0) is 10.0 Å². The Kier molecular flexibility index (Phi) is 3.18. The van der Waals surface area contributed by atoms with Gasteiger partial charge in [-0.2, -0.15) is 0 Å². The molecule has 26 heavy (non-hydrogen) atoms. The molecule has 126 valence electrons. The first kappa shape index (κ1) is 15.2. The van der Waals surface area contributed by atoms with Gasteiger partial charge in [0.2, 0.25) is 0 Å². The van der Waals surface area contributed by atoms with E-state index in [0.29, 0.717) is 5.52 Å². The van der Waals surface area contributed by atoms with E-state index in [2.05, 4.69) is 0 Å². The van der Waals surface area contributed by atoms with Crippen molar-refractivity contribution in [3.05, 3.63) is 91.0 Å². The van der Waals surface area contributed by atoms with E-state index in [1.807, 2.05) is 66.7 Å². The summed E-state index contributed by atoms with van der Waals surface area (Å²) in [7, 11) is -3.72. The number of para-hydroxylation sites is 1. The third-order valence-corrected chi connectivity index (χ3v) is 6.53. The molecule has 5 rings (SSSR count). The van der Waals surface area contributed by atoms with Crippen molar-refractivity contribution < 1.29 is 8.42 Å². The highest BCUT2D eigenvalue weighted by molar-refractivity contribution is 7.90. The van der Waals surface area contributed by atoms with E-state index in [4.69, 9.17) is 0 Å². The minimum Gasteiger partial charge on any atom is -0.233 e. The first-order valence-corrected chi connectivity index (χ1v) is 9.83. The van der Waals surface area contributed by atoms with Gasteiger partial charge in [0, 0.05) is 16.2 Å². The van der Waals surface area contributed by atoms with Crippen LogP contribution in [0.1, 0.15) is 0 Å². The molecule has 0 radical (unpaired) electrons. The molecule has 4 aromatic carbocycles. The number of benzene rings is 4. The van der Waals surface area contributed by atoms with E-state index in [1.54, 1.807) is 24.3 Å². The topological polar surface area (TPSA) is 39.1 Å². The Morgan fingerprint density at radius 3 is 2.04 bits per heavy atom. The molecule has 0 aliphatic carbocycles. The summed E-state index contributed by atoms with van der Waals surface area (Å²) in [6.45, 7) is 0. The molecule has 4 heteroatoms. The van der Waals surface area contributed by atoms with Crippen LogP contribution in [0.5, 0.6) is 0 Å². The maximum atomic E-state index is 13.5. The van der Waals surface area contributed by atoms with Crippen molar-refractivity contribution in [1.29, 1.82) is 0 Å². The van der Waals surface area contributed by atoms with Crippen molar-refractivity contribution in [3.8, 4) is 0 Å². The van der Waals surface area contributed by atoms with E-state index < -0.39 is 10.0 Å². The van der Waals surface area contributed by atoms with Gasteiger partial charge in [0.1, 0.15) is 0 Å². The molecule has 0 aliphatic rings. The van der Waals surface area contributed by atoms with Gasteiger partial charge >= 0.3 is 0 Å². The van der Waals surface area contributed by atoms with Crippen molar-refractivity contribution in [2.45, 2.75) is 4.90 Å². The zero-order valence-electron chi connectivity index (χ0n) is 13.8. The van der Waals surface area contributed by atoms with Crippen molar-refractivity contribution >= 4 is 42.6 Å². The number of rotatable bonds is 2. The summed E-state index contributed by atoms with van der Waals surface area (Å²) < 4.78 is 28.6. The Morgan fingerprint density at radius 1 is 0.577 bits per heavy atom. The van der Waals surface area contributed by atoms with Crippen LogP contribution in [0.25, 0.3) is 32.6 Å². The smallest absolute Gasteiger partial charge is 0.233 e. The Balaban J connectivity index is 2.05. The van der Waals surface area contributed by atoms with Crippen LogP contribution in [0.3, 0.4) is 0 Å². The lowest BCUT2D eigenvalue weighted by molar-refractivity contribution is 0.590. The molecule has 0 spiro atoms. The standard InChI is InChI=1S/C22H15NO2S/c24-26(25,17-9-2-1-3-10-17)23-21-13-7-6-12-19(21)20-15-14-16-8-4-5-11-18(16)22(20)23/h1-15H. The SMILES string of the molecule is O=S(=O)(c1ccccc1)n1c2ccccc2c2ccc3ccccc3c21. The molecule has 0 saturated heterocycles. The Morgan fingerprint density at radius 2 is 1.23 bits per heavy atom. The summed E-state index contributed by atoms with van der Waals surface area (Å²) >= 11 is 0. The molecule has 0 amide bonds. The lowest BCUT2D eigenvalue weighted by Crippen LogP contribution is -2.12. The quantitative estimate of drug-likeness (QED) is 0.436. The molecule has 5 aromatic rings. The van der Waals surface area contributed by atoms with Gasteiger partial charge in [-0.1, -0.05) is 72.8 Å². The molecule has 0 unspecified atom stereocenters. The van der Waals surface area contributed by atoms with E-state index in [1.165, 1.54) is 3.97 Å². The van der Waals surface area contributed by atoms with Gasteiger partial charge in [0.05, 0.1) is 15.9 Å². The number of hydrogen-bond donors (Lipinski definition) is 0. The second-order valence-electron chi connectivity index (χ2n) is 6.28. The van der Waals surface area contributed by atoms with Crippen LogP contribution < -0.4 is 0 Å². The van der Waals surface area contributed by atoms with Gasteiger partial charge < -0.3 is 0 Å². The minimum absolute atomic E-state index is 0.288. The normalized spacial score (nSPS) is 12.2. The predicted octanol–water partition coefficient (Wildman–Crippen LogP) is 5.18. The summed E-state index contributed by atoms with van der Waals surface area (Å²) in [5.74, 6) is 0. The maximum absolute atomic E-state index is 13.5. The molecule has 0 atom stereocenters. The highest BCUT2D eigenvalue weighted by Crippen LogP contribution is 2.36. The van der Waals surface area contributed by atoms with Crippen molar-refractivity contribution in [3.63, 3.8) is 0 Å². The van der Waals surface area contributed by atoms with E-state index in [-0.39, 0.29) is 4.90 Å². The Bertz CT molecular complexity index is 1380. The molecule has 1 heterocycles. The highest BCUT2D eigenvalue weighted by atomic mass is 32.2. The summed E-state index contributed by atoms with van der Waals surface area (Å²) in [6, 6.07) is 28.2. The zero-order valence-corrected chi connectivity index (χ0v) is 14.6. The largest absolute Gasteiger partial charge is 0.268 e. The van der Waals surface area contributed by atoms with Gasteiger partial charge in [-0.05, 0) is 23.6 Å². The highest BCUT2D eigenvalue weighted by Gasteiger charge is 2.24. The number of hydrogen-bond acceptors (Lipinski definition) is 2. The molecular formula is C22H15NO2S. The van der Waals surface area contributed by atoms with Crippen LogP contribution in [0.2, 0.25) is 0 Å². The van der Waals surface area contributed by atoms with Crippen LogP contribution in [0.15, 0.2) is 95.9 Å².